The number of esters is 1. The Balaban J connectivity index is 1.76. The van der Waals surface area contributed by atoms with Crippen LogP contribution in [0.15, 0.2) is 48.6 Å². The first-order valence-corrected chi connectivity index (χ1v) is 11.1. The molecule has 0 radical (unpaired) electrons. The standard InChI is InChI=1S/C26H31NO7/c1-31-20-7-5-18(6-8-20)15-22-21-17-24(33-3)23(32-2)16-19(21)11-13-27(22)12-4-14-34-26(30)10-9-25(28)29/h5-10,16-17,22H,4,11-15H2,1-3H3,(H,28,29)/b10-9-. The summed E-state index contributed by atoms with van der Waals surface area (Å²) in [4.78, 5) is 24.5. The van der Waals surface area contributed by atoms with Crippen LogP contribution in [0.25, 0.3) is 0 Å². The number of rotatable bonds is 11. The van der Waals surface area contributed by atoms with Gasteiger partial charge in [0.05, 0.1) is 27.9 Å². The molecule has 0 saturated heterocycles. The summed E-state index contributed by atoms with van der Waals surface area (Å²) in [7, 11) is 4.93. The van der Waals surface area contributed by atoms with Gasteiger partial charge in [-0.15, -0.1) is 0 Å². The Labute approximate surface area is 199 Å². The lowest BCUT2D eigenvalue weighted by Gasteiger charge is -2.38. The Morgan fingerprint density at radius 3 is 2.38 bits per heavy atom. The maximum atomic E-state index is 11.6. The molecule has 182 valence electrons. The van der Waals surface area contributed by atoms with Gasteiger partial charge in [-0.05, 0) is 60.2 Å². The Morgan fingerprint density at radius 1 is 1.03 bits per heavy atom. The number of carbonyl (C=O) groups excluding carboxylic acids is 1. The molecule has 0 aromatic heterocycles. The van der Waals surface area contributed by atoms with Crippen molar-refractivity contribution in [2.75, 3.05) is 41.0 Å². The van der Waals surface area contributed by atoms with E-state index in [4.69, 9.17) is 24.1 Å². The summed E-state index contributed by atoms with van der Waals surface area (Å²) >= 11 is 0. The minimum atomic E-state index is -1.18. The predicted molar refractivity (Wildman–Crippen MR) is 127 cm³/mol. The molecule has 1 atom stereocenters. The highest BCUT2D eigenvalue weighted by Crippen LogP contribution is 2.39. The monoisotopic (exact) mass is 469 g/mol. The van der Waals surface area contributed by atoms with Gasteiger partial charge in [-0.25, -0.2) is 9.59 Å². The first-order chi connectivity index (χ1) is 16.4. The van der Waals surface area contributed by atoms with E-state index in [9.17, 15) is 9.59 Å². The van der Waals surface area contributed by atoms with Crippen LogP contribution in [-0.2, 0) is 27.2 Å². The molecule has 8 heteroatoms. The van der Waals surface area contributed by atoms with Crippen molar-refractivity contribution in [2.45, 2.75) is 25.3 Å². The molecule has 0 saturated carbocycles. The van der Waals surface area contributed by atoms with Crippen molar-refractivity contribution in [3.63, 3.8) is 0 Å². The minimum Gasteiger partial charge on any atom is -0.497 e. The second-order valence-corrected chi connectivity index (χ2v) is 7.95. The highest BCUT2D eigenvalue weighted by Gasteiger charge is 2.29. The molecule has 0 spiro atoms. The molecule has 0 bridgehead atoms. The Kier molecular flexibility index (Phi) is 8.93. The summed E-state index contributed by atoms with van der Waals surface area (Å²) in [6.45, 7) is 1.80. The fourth-order valence-electron chi connectivity index (χ4n) is 4.20. The molecule has 0 fully saturated rings. The van der Waals surface area contributed by atoms with Gasteiger partial charge in [0, 0.05) is 31.3 Å². The van der Waals surface area contributed by atoms with E-state index in [-0.39, 0.29) is 12.6 Å². The molecule has 1 aliphatic rings. The summed E-state index contributed by atoms with van der Waals surface area (Å²) in [6.07, 6.45) is 4.00. The molecular weight excluding hydrogens is 438 g/mol. The average Bonchev–Trinajstić information content (AvgIpc) is 2.85. The van der Waals surface area contributed by atoms with Crippen molar-refractivity contribution < 1.29 is 33.6 Å². The van der Waals surface area contributed by atoms with Crippen molar-refractivity contribution in [3.8, 4) is 17.2 Å². The number of aliphatic carboxylic acids is 1. The summed E-state index contributed by atoms with van der Waals surface area (Å²) in [5, 5.41) is 8.61. The van der Waals surface area contributed by atoms with E-state index in [1.807, 2.05) is 12.1 Å². The summed E-state index contributed by atoms with van der Waals surface area (Å²) in [6, 6.07) is 12.3. The van der Waals surface area contributed by atoms with Crippen LogP contribution in [0.3, 0.4) is 0 Å². The van der Waals surface area contributed by atoms with Crippen LogP contribution < -0.4 is 14.2 Å². The lowest BCUT2D eigenvalue weighted by Crippen LogP contribution is -2.37. The van der Waals surface area contributed by atoms with E-state index >= 15 is 0 Å². The van der Waals surface area contributed by atoms with Crippen LogP contribution in [0.1, 0.15) is 29.2 Å². The Bertz CT molecular complexity index is 1020. The maximum Gasteiger partial charge on any atom is 0.331 e. The van der Waals surface area contributed by atoms with E-state index < -0.39 is 11.9 Å². The molecule has 0 aliphatic carbocycles. The molecule has 1 unspecified atom stereocenters. The second kappa shape index (κ2) is 12.1. The molecule has 0 amide bonds. The second-order valence-electron chi connectivity index (χ2n) is 7.95. The highest BCUT2D eigenvalue weighted by molar-refractivity contribution is 5.90. The molecule has 1 aliphatic heterocycles. The van der Waals surface area contributed by atoms with Gasteiger partial charge in [-0.3, -0.25) is 4.90 Å². The first kappa shape index (κ1) is 25.1. The van der Waals surface area contributed by atoms with Crippen LogP contribution in [0, 0.1) is 0 Å². The van der Waals surface area contributed by atoms with Crippen LogP contribution in [0.5, 0.6) is 17.2 Å². The van der Waals surface area contributed by atoms with Gasteiger partial charge in [-0.1, -0.05) is 12.1 Å². The SMILES string of the molecule is COc1ccc(CC2c3cc(OC)c(OC)cc3CCN2CCCOC(=O)/C=C\C(=O)O)cc1. The van der Waals surface area contributed by atoms with Crippen LogP contribution in [0.2, 0.25) is 0 Å². The first-order valence-electron chi connectivity index (χ1n) is 11.1. The minimum absolute atomic E-state index is 0.111. The number of ether oxygens (including phenoxy) is 4. The van der Waals surface area contributed by atoms with Gasteiger partial charge in [0.1, 0.15) is 5.75 Å². The third-order valence-electron chi connectivity index (χ3n) is 5.90. The summed E-state index contributed by atoms with van der Waals surface area (Å²) < 4.78 is 21.5. The lowest BCUT2D eigenvalue weighted by molar-refractivity contribution is -0.139. The number of fused-ring (bicyclic) bond motifs is 1. The fourth-order valence-corrected chi connectivity index (χ4v) is 4.20. The predicted octanol–water partition coefficient (Wildman–Crippen LogP) is 3.43. The quantitative estimate of drug-likeness (QED) is 0.304. The summed E-state index contributed by atoms with van der Waals surface area (Å²) in [5.74, 6) is 0.395. The normalized spacial score (nSPS) is 15.6. The van der Waals surface area contributed by atoms with Crippen LogP contribution in [-0.4, -0.2) is 63.0 Å². The highest BCUT2D eigenvalue weighted by atomic mass is 16.5. The maximum absolute atomic E-state index is 11.6. The van der Waals surface area contributed by atoms with Gasteiger partial charge in [0.25, 0.3) is 0 Å². The topological polar surface area (TPSA) is 94.5 Å². The fraction of sp³-hybridized carbons (Fsp3) is 0.385. The molecule has 8 nitrogen and oxygen atoms in total. The number of hydrogen-bond acceptors (Lipinski definition) is 7. The van der Waals surface area contributed by atoms with Gasteiger partial charge in [0.2, 0.25) is 0 Å². The van der Waals surface area contributed by atoms with Gasteiger partial charge < -0.3 is 24.1 Å². The molecule has 1 heterocycles. The molecule has 34 heavy (non-hydrogen) atoms. The smallest absolute Gasteiger partial charge is 0.331 e. The van der Waals surface area contributed by atoms with E-state index in [2.05, 4.69) is 29.2 Å². The van der Waals surface area contributed by atoms with E-state index in [0.717, 1.165) is 49.6 Å². The van der Waals surface area contributed by atoms with E-state index in [1.165, 1.54) is 16.7 Å². The zero-order chi connectivity index (χ0) is 24.5. The molecule has 2 aromatic carbocycles. The van der Waals surface area contributed by atoms with Gasteiger partial charge in [0.15, 0.2) is 11.5 Å². The average molecular weight is 470 g/mol. The van der Waals surface area contributed by atoms with Crippen molar-refractivity contribution >= 4 is 11.9 Å². The molecule has 3 rings (SSSR count). The zero-order valence-electron chi connectivity index (χ0n) is 19.8. The number of hydrogen-bond donors (Lipinski definition) is 1. The Hall–Kier alpha value is -3.52. The van der Waals surface area contributed by atoms with Crippen LogP contribution in [0.4, 0.5) is 0 Å². The molecule has 1 N–H and O–H groups in total. The number of methoxy groups -OCH3 is 3. The number of carbonyl (C=O) groups is 2. The van der Waals surface area contributed by atoms with E-state index in [0.29, 0.717) is 12.2 Å². The van der Waals surface area contributed by atoms with Crippen LogP contribution >= 0.6 is 0 Å². The van der Waals surface area contributed by atoms with Crippen molar-refractivity contribution in [3.05, 3.63) is 65.2 Å². The number of benzene rings is 2. The third-order valence-corrected chi connectivity index (χ3v) is 5.90. The van der Waals surface area contributed by atoms with Crippen molar-refractivity contribution in [1.29, 1.82) is 0 Å². The molecular formula is C26H31NO7. The third kappa shape index (κ3) is 6.51. The molecule has 2 aromatic rings. The van der Waals surface area contributed by atoms with E-state index in [1.54, 1.807) is 21.3 Å². The number of carboxylic acid groups (broad SMARTS) is 1. The van der Waals surface area contributed by atoms with Gasteiger partial charge in [-0.2, -0.15) is 0 Å². The number of nitrogens with zero attached hydrogens (tertiary/aromatic N) is 1. The van der Waals surface area contributed by atoms with Gasteiger partial charge >= 0.3 is 11.9 Å². The van der Waals surface area contributed by atoms with Crippen molar-refractivity contribution in [1.82, 2.24) is 4.90 Å². The van der Waals surface area contributed by atoms with Crippen molar-refractivity contribution in [2.24, 2.45) is 0 Å². The largest absolute Gasteiger partial charge is 0.497 e. The number of carboxylic acids is 1. The lowest BCUT2D eigenvalue weighted by atomic mass is 9.88. The Morgan fingerprint density at radius 2 is 1.74 bits per heavy atom. The zero-order valence-corrected chi connectivity index (χ0v) is 19.8. The summed E-state index contributed by atoms with van der Waals surface area (Å²) in [5.41, 5.74) is 3.61.